The summed E-state index contributed by atoms with van der Waals surface area (Å²) in [5, 5.41) is 0. The summed E-state index contributed by atoms with van der Waals surface area (Å²) in [5.41, 5.74) is 0.388. The molecule has 0 bridgehead atoms. The van der Waals surface area contributed by atoms with E-state index in [1.165, 1.54) is 13.8 Å². The van der Waals surface area contributed by atoms with Gasteiger partial charge in [0.1, 0.15) is 0 Å². The van der Waals surface area contributed by atoms with Gasteiger partial charge in [0.25, 0.3) is 0 Å². The Bertz CT molecular complexity index is 206. The van der Waals surface area contributed by atoms with E-state index in [-0.39, 0.29) is 23.6 Å². The van der Waals surface area contributed by atoms with Crippen molar-refractivity contribution in [1.82, 2.24) is 0 Å². The zero-order chi connectivity index (χ0) is 9.02. The summed E-state index contributed by atoms with van der Waals surface area (Å²) in [6.07, 6.45) is 0. The molecule has 0 spiro atoms. The summed E-state index contributed by atoms with van der Waals surface area (Å²) < 4.78 is 4.30. The van der Waals surface area contributed by atoms with Crippen LogP contribution < -0.4 is 0 Å². The summed E-state index contributed by atoms with van der Waals surface area (Å²) in [7, 11) is 0. The molecule has 68 valence electrons. The van der Waals surface area contributed by atoms with Crippen molar-refractivity contribution in [2.24, 2.45) is 0 Å². The maximum Gasteiger partial charge on any atom is 0.340 e. The van der Waals surface area contributed by atoms with Crippen molar-refractivity contribution in [1.29, 1.82) is 0 Å². The largest absolute Gasteiger partial charge is 0.386 e. The van der Waals surface area contributed by atoms with Crippen LogP contribution in [0.5, 0.6) is 0 Å². The fourth-order valence-corrected chi connectivity index (χ4v) is 0.258. The Kier molecular flexibility index (Phi) is 6.24. The van der Waals surface area contributed by atoms with Crippen molar-refractivity contribution in [2.45, 2.75) is 13.8 Å². The average molecular weight is 191 g/mol. The van der Waals surface area contributed by atoms with Crippen molar-refractivity contribution < 1.29 is 14.3 Å². The van der Waals surface area contributed by atoms with E-state index in [4.69, 9.17) is 0 Å². The van der Waals surface area contributed by atoms with Crippen LogP contribution in [0.15, 0.2) is 24.3 Å². The maximum absolute atomic E-state index is 10.7. The summed E-state index contributed by atoms with van der Waals surface area (Å²) in [5.74, 6) is -1.42. The third-order valence-electron chi connectivity index (χ3n) is 0.882. The highest BCUT2D eigenvalue weighted by Gasteiger charge is 2.10. The van der Waals surface area contributed by atoms with Gasteiger partial charge < -0.3 is 4.74 Å². The van der Waals surface area contributed by atoms with Crippen molar-refractivity contribution in [3.8, 4) is 0 Å². The van der Waals surface area contributed by atoms with Crippen LogP contribution in [0.4, 0.5) is 0 Å². The fourth-order valence-electron chi connectivity index (χ4n) is 0.258. The molecule has 12 heavy (non-hydrogen) atoms. The molecule has 0 saturated heterocycles. The summed E-state index contributed by atoms with van der Waals surface area (Å²) >= 11 is 0. The highest BCUT2D eigenvalue weighted by atomic mass is 35.5. The third-order valence-corrected chi connectivity index (χ3v) is 0.882. The Labute approximate surface area is 77.5 Å². The Hall–Kier alpha value is -1.09. The van der Waals surface area contributed by atoms with Crippen LogP contribution in [0, 0.1) is 0 Å². The van der Waals surface area contributed by atoms with Crippen molar-refractivity contribution in [2.75, 3.05) is 0 Å². The van der Waals surface area contributed by atoms with Gasteiger partial charge >= 0.3 is 11.9 Å². The van der Waals surface area contributed by atoms with Gasteiger partial charge in [-0.05, 0) is 13.8 Å². The predicted octanol–water partition coefficient (Wildman–Crippen LogP) is 1.63. The Morgan fingerprint density at radius 1 is 1.00 bits per heavy atom. The lowest BCUT2D eigenvalue weighted by Gasteiger charge is -1.99. The minimum absolute atomic E-state index is 0. The Balaban J connectivity index is 0. The number of carbonyl (C=O) groups is 2. The lowest BCUT2D eigenvalue weighted by Crippen LogP contribution is -2.12. The molecule has 0 radical (unpaired) electrons. The minimum Gasteiger partial charge on any atom is -0.386 e. The monoisotopic (exact) mass is 190 g/mol. The SMILES string of the molecule is C=C(C)C(=O)OC(=O)C(=C)C.Cl. The van der Waals surface area contributed by atoms with E-state index in [0.29, 0.717) is 0 Å². The lowest BCUT2D eigenvalue weighted by molar-refractivity contribution is -0.153. The van der Waals surface area contributed by atoms with E-state index >= 15 is 0 Å². The van der Waals surface area contributed by atoms with Crippen LogP contribution in [0.2, 0.25) is 0 Å². The molecule has 0 N–H and O–H groups in total. The van der Waals surface area contributed by atoms with Crippen molar-refractivity contribution in [3.63, 3.8) is 0 Å². The number of esters is 2. The zero-order valence-corrected chi connectivity index (χ0v) is 7.86. The van der Waals surface area contributed by atoms with E-state index < -0.39 is 11.9 Å². The van der Waals surface area contributed by atoms with E-state index in [2.05, 4.69) is 17.9 Å². The molecular weight excluding hydrogens is 180 g/mol. The Morgan fingerprint density at radius 2 is 1.25 bits per heavy atom. The molecular formula is C8H11ClO3. The summed E-state index contributed by atoms with van der Waals surface area (Å²) in [6, 6.07) is 0. The van der Waals surface area contributed by atoms with Gasteiger partial charge in [0.2, 0.25) is 0 Å². The van der Waals surface area contributed by atoms with E-state index in [1.807, 2.05) is 0 Å². The minimum atomic E-state index is -0.710. The average Bonchev–Trinajstić information content (AvgIpc) is 1.87. The first-order valence-corrected chi connectivity index (χ1v) is 3.02. The molecule has 0 saturated carbocycles. The highest BCUT2D eigenvalue weighted by Crippen LogP contribution is 1.97. The van der Waals surface area contributed by atoms with E-state index in [0.717, 1.165) is 0 Å². The van der Waals surface area contributed by atoms with Gasteiger partial charge in [0, 0.05) is 11.1 Å². The first-order chi connectivity index (χ1) is 4.95. The number of hydrogen-bond donors (Lipinski definition) is 0. The van der Waals surface area contributed by atoms with Crippen LogP contribution in [-0.2, 0) is 14.3 Å². The molecule has 0 fully saturated rings. The molecule has 0 aromatic carbocycles. The second-order valence-electron chi connectivity index (χ2n) is 2.24. The van der Waals surface area contributed by atoms with E-state index in [1.54, 1.807) is 0 Å². The van der Waals surface area contributed by atoms with Crippen LogP contribution in [0.1, 0.15) is 13.8 Å². The molecule has 3 nitrogen and oxygen atoms in total. The van der Waals surface area contributed by atoms with Crippen LogP contribution >= 0.6 is 12.4 Å². The second-order valence-corrected chi connectivity index (χ2v) is 2.24. The summed E-state index contributed by atoms with van der Waals surface area (Å²) in [6.45, 7) is 9.55. The molecule has 0 aromatic rings. The fraction of sp³-hybridized carbons (Fsp3) is 0.250. The van der Waals surface area contributed by atoms with Crippen LogP contribution in [0.3, 0.4) is 0 Å². The second kappa shape index (κ2) is 5.55. The first kappa shape index (κ1) is 13.5. The lowest BCUT2D eigenvalue weighted by atomic mass is 10.3. The van der Waals surface area contributed by atoms with E-state index in [9.17, 15) is 9.59 Å². The Morgan fingerprint density at radius 3 is 1.42 bits per heavy atom. The van der Waals surface area contributed by atoms with Crippen LogP contribution in [0.25, 0.3) is 0 Å². The number of rotatable bonds is 2. The van der Waals surface area contributed by atoms with Gasteiger partial charge in [-0.1, -0.05) is 13.2 Å². The molecule has 0 aliphatic heterocycles. The molecule has 0 aromatic heterocycles. The molecule has 0 amide bonds. The van der Waals surface area contributed by atoms with Gasteiger partial charge in [-0.2, -0.15) is 0 Å². The van der Waals surface area contributed by atoms with Crippen molar-refractivity contribution in [3.05, 3.63) is 24.3 Å². The molecule has 0 rings (SSSR count). The molecule has 0 atom stereocenters. The number of halogens is 1. The van der Waals surface area contributed by atoms with Gasteiger partial charge in [-0.3, -0.25) is 0 Å². The van der Waals surface area contributed by atoms with Gasteiger partial charge in [0.05, 0.1) is 0 Å². The van der Waals surface area contributed by atoms with Gasteiger partial charge in [0.15, 0.2) is 0 Å². The molecule has 0 aliphatic rings. The molecule has 4 heteroatoms. The number of carbonyl (C=O) groups excluding carboxylic acids is 2. The van der Waals surface area contributed by atoms with Gasteiger partial charge in [-0.25, -0.2) is 9.59 Å². The zero-order valence-electron chi connectivity index (χ0n) is 7.05. The molecule has 0 heterocycles. The van der Waals surface area contributed by atoms with Crippen LogP contribution in [-0.4, -0.2) is 11.9 Å². The normalized spacial score (nSPS) is 7.83. The number of hydrogen-bond acceptors (Lipinski definition) is 3. The van der Waals surface area contributed by atoms with Gasteiger partial charge in [-0.15, -0.1) is 12.4 Å². The topological polar surface area (TPSA) is 43.4 Å². The quantitative estimate of drug-likeness (QED) is 0.378. The highest BCUT2D eigenvalue weighted by molar-refractivity contribution is 6.00. The standard InChI is InChI=1S/C8H10O3.ClH/c1-5(2)7(9)11-8(10)6(3)4;/h1,3H2,2,4H3;1H. The smallest absolute Gasteiger partial charge is 0.340 e. The molecule has 0 aliphatic carbocycles. The third kappa shape index (κ3) is 4.68. The first-order valence-electron chi connectivity index (χ1n) is 3.02. The van der Waals surface area contributed by atoms with Crippen molar-refractivity contribution >= 4 is 24.3 Å². The summed E-state index contributed by atoms with van der Waals surface area (Å²) in [4.78, 5) is 21.3. The molecule has 0 unspecified atom stereocenters. The maximum atomic E-state index is 10.7. The predicted molar refractivity (Wildman–Crippen MR) is 48.0 cm³/mol. The number of ether oxygens (including phenoxy) is 1.